The number of hydrogen-bond donors (Lipinski definition) is 2. The molecular weight excluding hydrogens is 262 g/mol. The molecule has 1 aromatic heterocycles. The fourth-order valence-corrected chi connectivity index (χ4v) is 2.13. The predicted octanol–water partition coefficient (Wildman–Crippen LogP) is 3.24. The smallest absolute Gasteiger partial charge is 0.411 e. The van der Waals surface area contributed by atoms with Gasteiger partial charge >= 0.3 is 6.09 Å². The molecule has 0 spiro atoms. The van der Waals surface area contributed by atoms with Crippen LogP contribution in [0.2, 0.25) is 0 Å². The first kappa shape index (κ1) is 13.4. The lowest BCUT2D eigenvalue weighted by molar-refractivity contribution is 0.187. The lowest BCUT2D eigenvalue weighted by Gasteiger charge is -2.07. The summed E-state index contributed by atoms with van der Waals surface area (Å²) in [5.41, 5.74) is 2.70. The summed E-state index contributed by atoms with van der Waals surface area (Å²) in [6.07, 6.45) is -0.473. The van der Waals surface area contributed by atoms with Crippen LogP contribution in [0.1, 0.15) is 10.7 Å². The molecule has 2 rings (SSSR count). The van der Waals surface area contributed by atoms with E-state index >= 15 is 0 Å². The highest BCUT2D eigenvalue weighted by Gasteiger charge is 2.01. The van der Waals surface area contributed by atoms with Crippen molar-refractivity contribution < 1.29 is 9.53 Å². The molecule has 0 saturated carbocycles. The molecule has 0 aliphatic heterocycles. The molecule has 0 fully saturated rings. The third-order valence-electron chi connectivity index (χ3n) is 2.46. The van der Waals surface area contributed by atoms with Gasteiger partial charge in [0.05, 0.1) is 24.4 Å². The number of nitrogens with one attached hydrogen (secondary N) is 2. The molecule has 5 nitrogen and oxygen atoms in total. The number of amides is 1. The second-order valence-corrected chi connectivity index (χ2v) is 4.97. The van der Waals surface area contributed by atoms with E-state index in [-0.39, 0.29) is 0 Å². The molecule has 2 N–H and O–H groups in total. The zero-order valence-electron chi connectivity index (χ0n) is 10.8. The number of methoxy groups -OCH3 is 1. The molecule has 0 atom stereocenters. The van der Waals surface area contributed by atoms with E-state index in [1.807, 2.05) is 36.6 Å². The van der Waals surface area contributed by atoms with E-state index in [0.717, 1.165) is 16.4 Å². The minimum absolute atomic E-state index is 0.473. The quantitative estimate of drug-likeness (QED) is 0.900. The van der Waals surface area contributed by atoms with E-state index < -0.39 is 6.09 Å². The van der Waals surface area contributed by atoms with Crippen molar-refractivity contribution in [1.29, 1.82) is 0 Å². The number of carbonyl (C=O) groups is 1. The van der Waals surface area contributed by atoms with E-state index in [1.54, 1.807) is 11.3 Å². The first-order valence-electron chi connectivity index (χ1n) is 5.77. The maximum Gasteiger partial charge on any atom is 0.411 e. The zero-order chi connectivity index (χ0) is 13.7. The summed E-state index contributed by atoms with van der Waals surface area (Å²) in [6.45, 7) is 2.68. The van der Waals surface area contributed by atoms with Gasteiger partial charge in [0.15, 0.2) is 0 Å². The molecule has 19 heavy (non-hydrogen) atoms. The Morgan fingerprint density at radius 2 is 2.00 bits per heavy atom. The molecule has 0 aliphatic rings. The van der Waals surface area contributed by atoms with Crippen LogP contribution < -0.4 is 10.6 Å². The predicted molar refractivity (Wildman–Crippen MR) is 76.6 cm³/mol. The number of ether oxygens (including phenoxy) is 1. The third-order valence-corrected chi connectivity index (χ3v) is 3.28. The molecule has 0 aliphatic carbocycles. The van der Waals surface area contributed by atoms with Crippen LogP contribution in [-0.2, 0) is 11.3 Å². The Hall–Kier alpha value is -2.08. The first-order chi connectivity index (χ1) is 9.17. The van der Waals surface area contributed by atoms with Crippen molar-refractivity contribution in [3.8, 4) is 0 Å². The molecule has 0 radical (unpaired) electrons. The highest BCUT2D eigenvalue weighted by Crippen LogP contribution is 2.15. The fraction of sp³-hybridized carbons (Fsp3) is 0.231. The lowest BCUT2D eigenvalue weighted by atomic mass is 10.3. The van der Waals surface area contributed by atoms with Crippen LogP contribution in [0.3, 0.4) is 0 Å². The van der Waals surface area contributed by atoms with Gasteiger partial charge in [-0.3, -0.25) is 5.32 Å². The van der Waals surface area contributed by atoms with E-state index in [0.29, 0.717) is 12.2 Å². The number of hydrogen-bond acceptors (Lipinski definition) is 5. The SMILES string of the molecule is COC(=O)Nc1ccc(NCc2csc(C)n2)cc1. The Morgan fingerprint density at radius 1 is 1.32 bits per heavy atom. The van der Waals surface area contributed by atoms with E-state index in [4.69, 9.17) is 0 Å². The van der Waals surface area contributed by atoms with Gasteiger partial charge in [0, 0.05) is 16.8 Å². The summed E-state index contributed by atoms with van der Waals surface area (Å²) in [6, 6.07) is 7.41. The van der Waals surface area contributed by atoms with Crippen molar-refractivity contribution in [2.75, 3.05) is 17.7 Å². The Bertz CT molecular complexity index is 551. The number of anilines is 2. The topological polar surface area (TPSA) is 63.2 Å². The van der Waals surface area contributed by atoms with E-state index in [9.17, 15) is 4.79 Å². The molecular formula is C13H15N3O2S. The second-order valence-electron chi connectivity index (χ2n) is 3.91. The van der Waals surface area contributed by atoms with Gasteiger partial charge in [-0.2, -0.15) is 0 Å². The average Bonchev–Trinajstić information content (AvgIpc) is 2.83. The number of benzene rings is 1. The van der Waals surface area contributed by atoms with Gasteiger partial charge < -0.3 is 10.1 Å². The van der Waals surface area contributed by atoms with Crippen molar-refractivity contribution in [2.45, 2.75) is 13.5 Å². The van der Waals surface area contributed by atoms with Gasteiger partial charge in [0.1, 0.15) is 0 Å². The van der Waals surface area contributed by atoms with Crippen molar-refractivity contribution in [2.24, 2.45) is 0 Å². The maximum absolute atomic E-state index is 11.0. The molecule has 0 unspecified atom stereocenters. The second kappa shape index (κ2) is 6.19. The van der Waals surface area contributed by atoms with Crippen LogP contribution in [0.4, 0.5) is 16.2 Å². The van der Waals surface area contributed by atoms with Crippen molar-refractivity contribution in [3.63, 3.8) is 0 Å². The lowest BCUT2D eigenvalue weighted by Crippen LogP contribution is -2.10. The van der Waals surface area contributed by atoms with Crippen LogP contribution in [-0.4, -0.2) is 18.2 Å². The number of carbonyl (C=O) groups excluding carboxylic acids is 1. The Labute approximate surface area is 115 Å². The van der Waals surface area contributed by atoms with Crippen molar-refractivity contribution in [1.82, 2.24) is 4.98 Å². The minimum atomic E-state index is -0.473. The summed E-state index contributed by atoms with van der Waals surface area (Å²) in [5, 5.41) is 8.97. The summed E-state index contributed by atoms with van der Waals surface area (Å²) < 4.78 is 4.52. The maximum atomic E-state index is 11.0. The summed E-state index contributed by atoms with van der Waals surface area (Å²) >= 11 is 1.64. The summed E-state index contributed by atoms with van der Waals surface area (Å²) in [7, 11) is 1.33. The Morgan fingerprint density at radius 3 is 2.58 bits per heavy atom. The highest BCUT2D eigenvalue weighted by atomic mass is 32.1. The van der Waals surface area contributed by atoms with Crippen LogP contribution in [0.15, 0.2) is 29.6 Å². The Kier molecular flexibility index (Phi) is 4.35. The van der Waals surface area contributed by atoms with Gasteiger partial charge in [-0.05, 0) is 31.2 Å². The van der Waals surface area contributed by atoms with Crippen LogP contribution in [0, 0.1) is 6.92 Å². The minimum Gasteiger partial charge on any atom is -0.453 e. The standard InChI is InChI=1S/C13H15N3O2S/c1-9-15-12(8-19-9)7-14-10-3-5-11(6-4-10)16-13(17)18-2/h3-6,8,14H,7H2,1-2H3,(H,16,17). The average molecular weight is 277 g/mol. The van der Waals surface area contributed by atoms with Crippen LogP contribution >= 0.6 is 11.3 Å². The number of nitrogens with zero attached hydrogens (tertiary/aromatic N) is 1. The van der Waals surface area contributed by atoms with Gasteiger partial charge in [-0.25, -0.2) is 9.78 Å². The molecule has 1 heterocycles. The highest BCUT2D eigenvalue weighted by molar-refractivity contribution is 7.09. The van der Waals surface area contributed by atoms with E-state index in [1.165, 1.54) is 7.11 Å². The Balaban J connectivity index is 1.89. The molecule has 0 saturated heterocycles. The van der Waals surface area contributed by atoms with Gasteiger partial charge in [0.25, 0.3) is 0 Å². The largest absolute Gasteiger partial charge is 0.453 e. The fourth-order valence-electron chi connectivity index (χ4n) is 1.52. The number of aryl methyl sites for hydroxylation is 1. The third kappa shape index (κ3) is 3.96. The molecule has 1 amide bonds. The van der Waals surface area contributed by atoms with Gasteiger partial charge in [-0.1, -0.05) is 0 Å². The van der Waals surface area contributed by atoms with Crippen LogP contribution in [0.25, 0.3) is 0 Å². The molecule has 2 aromatic rings. The van der Waals surface area contributed by atoms with Crippen LogP contribution in [0.5, 0.6) is 0 Å². The van der Waals surface area contributed by atoms with Gasteiger partial charge in [-0.15, -0.1) is 11.3 Å². The normalized spacial score (nSPS) is 10.0. The van der Waals surface area contributed by atoms with Gasteiger partial charge in [0.2, 0.25) is 0 Å². The molecule has 100 valence electrons. The molecule has 6 heteroatoms. The van der Waals surface area contributed by atoms with E-state index in [2.05, 4.69) is 20.4 Å². The first-order valence-corrected chi connectivity index (χ1v) is 6.65. The summed E-state index contributed by atoms with van der Waals surface area (Å²) in [5.74, 6) is 0. The monoisotopic (exact) mass is 277 g/mol. The molecule has 1 aromatic carbocycles. The number of aromatic nitrogens is 1. The summed E-state index contributed by atoms with van der Waals surface area (Å²) in [4.78, 5) is 15.4. The number of rotatable bonds is 4. The molecule has 0 bridgehead atoms. The zero-order valence-corrected chi connectivity index (χ0v) is 11.6. The van der Waals surface area contributed by atoms with Crippen molar-refractivity contribution in [3.05, 3.63) is 40.3 Å². The van der Waals surface area contributed by atoms with Crippen molar-refractivity contribution >= 4 is 28.8 Å². The number of thiazole rings is 1.